The smallest absolute Gasteiger partial charge is 0.355 e. The van der Waals surface area contributed by atoms with E-state index in [0.717, 1.165) is 16.8 Å². The average Bonchev–Trinajstić information content (AvgIpc) is 3.30. The molecule has 0 radical (unpaired) electrons. The van der Waals surface area contributed by atoms with Crippen molar-refractivity contribution in [1.82, 2.24) is 9.13 Å². The first-order chi connectivity index (χ1) is 15.0. The number of ether oxygens (including phenoxy) is 2. The third-order valence-corrected chi connectivity index (χ3v) is 4.86. The molecule has 0 atom stereocenters. The van der Waals surface area contributed by atoms with E-state index in [1.165, 1.54) is 0 Å². The Morgan fingerprint density at radius 3 is 2.35 bits per heavy atom. The molecule has 1 N–H and O–H groups in total. The number of aryl methyl sites for hydroxylation is 1. The second-order valence-corrected chi connectivity index (χ2v) is 7.02. The normalized spacial score (nSPS) is 10.8. The first-order valence-corrected chi connectivity index (χ1v) is 9.99. The van der Waals surface area contributed by atoms with E-state index < -0.39 is 5.97 Å². The molecule has 0 aliphatic carbocycles. The molecule has 0 saturated carbocycles. The lowest BCUT2D eigenvalue weighted by molar-refractivity contribution is -0.116. The molecule has 0 fully saturated rings. The maximum Gasteiger partial charge on any atom is 0.355 e. The number of carbonyl (C=O) groups excluding carboxylic acids is 2. The van der Waals surface area contributed by atoms with Crippen molar-refractivity contribution in [1.29, 1.82) is 0 Å². The minimum atomic E-state index is -0.450. The number of nitrogens with zero attached hydrogens (tertiary/aromatic N) is 2. The summed E-state index contributed by atoms with van der Waals surface area (Å²) in [4.78, 5) is 25.1. The fourth-order valence-electron chi connectivity index (χ4n) is 3.39. The van der Waals surface area contributed by atoms with Crippen molar-refractivity contribution in [2.75, 3.05) is 11.9 Å². The van der Waals surface area contributed by atoms with E-state index in [0.29, 0.717) is 17.1 Å². The summed E-state index contributed by atoms with van der Waals surface area (Å²) < 4.78 is 14.5. The van der Waals surface area contributed by atoms with E-state index in [2.05, 4.69) is 5.32 Å². The zero-order valence-corrected chi connectivity index (χ0v) is 17.4. The van der Waals surface area contributed by atoms with E-state index in [1.54, 1.807) is 41.8 Å². The minimum absolute atomic E-state index is 0.00999. The summed E-state index contributed by atoms with van der Waals surface area (Å²) in [5.74, 6) is 0.716. The summed E-state index contributed by atoms with van der Waals surface area (Å²) in [6.45, 7) is 2.01. The molecule has 4 rings (SSSR count). The molecule has 0 aliphatic heterocycles. The Balaban J connectivity index is 1.48. The maximum atomic E-state index is 12.7. The number of fused-ring (bicyclic) bond motifs is 1. The van der Waals surface area contributed by atoms with Crippen LogP contribution in [0.25, 0.3) is 11.0 Å². The second-order valence-electron chi connectivity index (χ2n) is 7.02. The maximum absolute atomic E-state index is 12.7. The number of amides is 1. The highest BCUT2D eigenvalue weighted by atomic mass is 16.5. The van der Waals surface area contributed by atoms with Gasteiger partial charge in [-0.25, -0.2) is 4.79 Å². The van der Waals surface area contributed by atoms with Gasteiger partial charge in [-0.3, -0.25) is 4.79 Å². The number of rotatable bonds is 7. The van der Waals surface area contributed by atoms with Crippen molar-refractivity contribution in [3.63, 3.8) is 0 Å². The van der Waals surface area contributed by atoms with Crippen LogP contribution < -0.4 is 10.1 Å². The predicted octanol–water partition coefficient (Wildman–Crippen LogP) is 4.59. The lowest BCUT2D eigenvalue weighted by atomic mass is 10.3. The van der Waals surface area contributed by atoms with E-state index in [9.17, 15) is 9.59 Å². The van der Waals surface area contributed by atoms with Gasteiger partial charge < -0.3 is 23.9 Å². The highest BCUT2D eigenvalue weighted by Crippen LogP contribution is 2.24. The Kier molecular flexibility index (Phi) is 5.75. The van der Waals surface area contributed by atoms with Crippen LogP contribution in [0.15, 0.2) is 72.9 Å². The van der Waals surface area contributed by atoms with Gasteiger partial charge in [0.2, 0.25) is 5.91 Å². The summed E-state index contributed by atoms with van der Waals surface area (Å²) in [6.07, 6.45) is 1.89. The van der Waals surface area contributed by atoms with Crippen molar-refractivity contribution in [2.45, 2.75) is 13.5 Å². The Bertz CT molecular complexity index is 1210. The Morgan fingerprint density at radius 2 is 1.65 bits per heavy atom. The fraction of sp³-hybridized carbons (Fsp3) is 0.167. The lowest BCUT2D eigenvalue weighted by Gasteiger charge is -2.11. The molecule has 7 nitrogen and oxygen atoms in total. The van der Waals surface area contributed by atoms with Crippen LogP contribution in [0.4, 0.5) is 5.69 Å². The number of aromatic nitrogens is 2. The van der Waals surface area contributed by atoms with Crippen molar-refractivity contribution in [2.24, 2.45) is 7.05 Å². The third kappa shape index (κ3) is 4.45. The number of carbonyl (C=O) groups is 2. The van der Waals surface area contributed by atoms with Crippen LogP contribution in [0.5, 0.6) is 11.5 Å². The van der Waals surface area contributed by atoms with Crippen LogP contribution >= 0.6 is 0 Å². The van der Waals surface area contributed by atoms with Gasteiger partial charge in [0.25, 0.3) is 0 Å². The van der Waals surface area contributed by atoms with Crippen LogP contribution in [0, 0.1) is 0 Å². The highest BCUT2D eigenvalue weighted by Gasteiger charge is 2.20. The first kappa shape index (κ1) is 20.3. The minimum Gasteiger partial charge on any atom is -0.461 e. The van der Waals surface area contributed by atoms with Gasteiger partial charge in [-0.05, 0) is 55.5 Å². The molecule has 2 aromatic heterocycles. The molecule has 2 aromatic carbocycles. The molecule has 4 aromatic rings. The number of hydrogen-bond acceptors (Lipinski definition) is 4. The van der Waals surface area contributed by atoms with Gasteiger partial charge in [0.05, 0.1) is 17.6 Å². The third-order valence-electron chi connectivity index (χ3n) is 4.86. The molecule has 7 heteroatoms. The van der Waals surface area contributed by atoms with Crippen LogP contribution in [0.2, 0.25) is 0 Å². The van der Waals surface area contributed by atoms with E-state index in [4.69, 9.17) is 9.47 Å². The number of para-hydroxylation sites is 1. The van der Waals surface area contributed by atoms with Crippen LogP contribution in [0.1, 0.15) is 17.4 Å². The Morgan fingerprint density at radius 1 is 0.935 bits per heavy atom. The van der Waals surface area contributed by atoms with E-state index in [1.807, 2.05) is 54.2 Å². The SMILES string of the molecule is CCOC(=O)c1cc2c(ccn2C)n1CC(=O)Nc1ccc(Oc2ccccc2)cc1. The van der Waals surface area contributed by atoms with Crippen LogP contribution in [0.3, 0.4) is 0 Å². The second kappa shape index (κ2) is 8.79. The molecule has 0 saturated heterocycles. The number of esters is 1. The molecule has 1 amide bonds. The molecule has 0 aliphatic rings. The molecular formula is C24H23N3O4. The largest absolute Gasteiger partial charge is 0.461 e. The number of benzene rings is 2. The van der Waals surface area contributed by atoms with Crippen LogP contribution in [-0.4, -0.2) is 27.6 Å². The van der Waals surface area contributed by atoms with Gasteiger partial charge >= 0.3 is 5.97 Å². The summed E-state index contributed by atoms with van der Waals surface area (Å²) >= 11 is 0. The molecular weight excluding hydrogens is 394 g/mol. The predicted molar refractivity (Wildman–Crippen MR) is 118 cm³/mol. The summed E-state index contributed by atoms with van der Waals surface area (Å²) in [5.41, 5.74) is 2.65. The van der Waals surface area contributed by atoms with Gasteiger partial charge in [0.1, 0.15) is 23.7 Å². The quantitative estimate of drug-likeness (QED) is 0.447. The first-order valence-electron chi connectivity index (χ1n) is 9.99. The standard InChI is InChI=1S/C24H23N3O4/c1-3-30-24(29)22-15-21-20(13-14-26(21)2)27(22)16-23(28)25-17-9-11-19(12-10-17)31-18-7-5-4-6-8-18/h4-15H,3,16H2,1-2H3,(H,25,28). The molecule has 0 spiro atoms. The highest BCUT2D eigenvalue weighted by molar-refractivity contribution is 5.97. The number of anilines is 1. The van der Waals surface area contributed by atoms with Gasteiger partial charge in [0.15, 0.2) is 0 Å². The van der Waals surface area contributed by atoms with Gasteiger partial charge in [0, 0.05) is 18.9 Å². The monoisotopic (exact) mass is 417 g/mol. The molecule has 2 heterocycles. The zero-order valence-electron chi connectivity index (χ0n) is 17.4. The Labute approximate surface area is 179 Å². The van der Waals surface area contributed by atoms with Gasteiger partial charge in [-0.15, -0.1) is 0 Å². The topological polar surface area (TPSA) is 74.5 Å². The van der Waals surface area contributed by atoms with Crippen molar-refractivity contribution in [3.8, 4) is 11.5 Å². The molecule has 31 heavy (non-hydrogen) atoms. The number of nitrogens with one attached hydrogen (secondary N) is 1. The summed E-state index contributed by atoms with van der Waals surface area (Å²) in [7, 11) is 1.89. The van der Waals surface area contributed by atoms with Crippen LogP contribution in [-0.2, 0) is 23.1 Å². The molecule has 0 unspecified atom stereocenters. The molecule has 158 valence electrons. The zero-order chi connectivity index (χ0) is 21.8. The average molecular weight is 417 g/mol. The summed E-state index contributed by atoms with van der Waals surface area (Å²) in [5, 5.41) is 2.87. The van der Waals surface area contributed by atoms with Gasteiger partial charge in [-0.2, -0.15) is 0 Å². The van der Waals surface area contributed by atoms with Crippen molar-refractivity contribution in [3.05, 3.63) is 78.6 Å². The molecule has 0 bridgehead atoms. The Hall–Kier alpha value is -4.00. The van der Waals surface area contributed by atoms with Crippen molar-refractivity contribution >= 4 is 28.6 Å². The van der Waals surface area contributed by atoms with E-state index >= 15 is 0 Å². The summed E-state index contributed by atoms with van der Waals surface area (Å²) in [6, 6.07) is 20.2. The lowest BCUT2D eigenvalue weighted by Crippen LogP contribution is -2.22. The number of hydrogen-bond donors (Lipinski definition) is 1. The fourth-order valence-corrected chi connectivity index (χ4v) is 3.39. The van der Waals surface area contributed by atoms with Crippen molar-refractivity contribution < 1.29 is 19.1 Å². The van der Waals surface area contributed by atoms with Gasteiger partial charge in [-0.1, -0.05) is 18.2 Å². The van der Waals surface area contributed by atoms with E-state index in [-0.39, 0.29) is 19.1 Å².